The molecule has 2 aromatic carbocycles. The summed E-state index contributed by atoms with van der Waals surface area (Å²) in [6.07, 6.45) is -4.53. The first kappa shape index (κ1) is 18.6. The Morgan fingerprint density at radius 3 is 2.36 bits per heavy atom. The van der Waals surface area contributed by atoms with Crippen molar-refractivity contribution in [1.29, 1.82) is 5.26 Å². The zero-order valence-electron chi connectivity index (χ0n) is 12.8. The maximum Gasteiger partial charge on any atom is 0.417 e. The molecule has 1 amide bonds. The Balaban J connectivity index is 1.89. The number of benzene rings is 2. The first-order valence-electron chi connectivity index (χ1n) is 7.20. The van der Waals surface area contributed by atoms with E-state index in [-0.39, 0.29) is 18.7 Å². The van der Waals surface area contributed by atoms with Gasteiger partial charge in [-0.05, 0) is 42.5 Å². The van der Waals surface area contributed by atoms with Gasteiger partial charge in [-0.2, -0.15) is 18.4 Å². The van der Waals surface area contributed by atoms with Gasteiger partial charge in [0.05, 0.1) is 22.2 Å². The Bertz CT molecular complexity index is 798. The van der Waals surface area contributed by atoms with Crippen LogP contribution in [-0.2, 0) is 11.0 Å². The van der Waals surface area contributed by atoms with E-state index in [2.05, 4.69) is 10.6 Å². The van der Waals surface area contributed by atoms with E-state index in [1.807, 2.05) is 6.07 Å². The van der Waals surface area contributed by atoms with Crippen molar-refractivity contribution in [2.75, 3.05) is 17.2 Å². The van der Waals surface area contributed by atoms with Crippen LogP contribution in [0.15, 0.2) is 42.5 Å². The van der Waals surface area contributed by atoms with Crippen LogP contribution in [-0.4, -0.2) is 12.5 Å². The van der Waals surface area contributed by atoms with Gasteiger partial charge in [0.2, 0.25) is 5.91 Å². The summed E-state index contributed by atoms with van der Waals surface area (Å²) in [7, 11) is 0. The average molecular weight is 368 g/mol. The van der Waals surface area contributed by atoms with Crippen LogP contribution in [0.2, 0.25) is 5.02 Å². The fourth-order valence-corrected chi connectivity index (χ4v) is 2.25. The van der Waals surface area contributed by atoms with E-state index in [1.54, 1.807) is 24.3 Å². The molecular weight excluding hydrogens is 355 g/mol. The minimum atomic E-state index is -4.59. The Labute approximate surface area is 147 Å². The van der Waals surface area contributed by atoms with Crippen LogP contribution >= 0.6 is 11.6 Å². The van der Waals surface area contributed by atoms with Crippen LogP contribution in [0.25, 0.3) is 0 Å². The van der Waals surface area contributed by atoms with E-state index in [0.29, 0.717) is 5.56 Å². The van der Waals surface area contributed by atoms with Crippen LogP contribution in [0.3, 0.4) is 0 Å². The Morgan fingerprint density at radius 2 is 1.76 bits per heavy atom. The molecule has 25 heavy (non-hydrogen) atoms. The lowest BCUT2D eigenvalue weighted by molar-refractivity contribution is -0.137. The molecule has 4 nitrogen and oxygen atoms in total. The number of halogens is 4. The van der Waals surface area contributed by atoms with Gasteiger partial charge in [0.15, 0.2) is 0 Å². The second-order valence-electron chi connectivity index (χ2n) is 5.11. The molecule has 8 heteroatoms. The molecule has 0 saturated carbocycles. The van der Waals surface area contributed by atoms with Gasteiger partial charge in [-0.25, -0.2) is 0 Å². The number of amides is 1. The van der Waals surface area contributed by atoms with Crippen molar-refractivity contribution in [3.05, 3.63) is 58.6 Å². The molecule has 2 N–H and O–H groups in total. The quantitative estimate of drug-likeness (QED) is 0.807. The standard InChI is InChI=1S/C17H13ClF3N3O/c18-15-6-5-13(9-14(15)17(19,20)21)24-16(25)7-8-23-12-3-1-11(10-22)2-4-12/h1-6,9,23H,7-8H2,(H,24,25). The summed E-state index contributed by atoms with van der Waals surface area (Å²) < 4.78 is 38.3. The SMILES string of the molecule is N#Cc1ccc(NCCC(=O)Nc2ccc(Cl)c(C(F)(F)F)c2)cc1. The molecule has 2 rings (SSSR count). The van der Waals surface area contributed by atoms with Crippen molar-refractivity contribution >= 4 is 28.9 Å². The lowest BCUT2D eigenvalue weighted by Crippen LogP contribution is -2.17. The minimum absolute atomic E-state index is 0.0279. The average Bonchev–Trinajstić information content (AvgIpc) is 2.56. The number of carbonyl (C=O) groups is 1. The Hall–Kier alpha value is -2.72. The maximum atomic E-state index is 12.8. The summed E-state index contributed by atoms with van der Waals surface area (Å²) in [5, 5.41) is 13.7. The van der Waals surface area contributed by atoms with Crippen LogP contribution in [0.5, 0.6) is 0 Å². The van der Waals surface area contributed by atoms with Crippen molar-refractivity contribution in [3.63, 3.8) is 0 Å². The number of anilines is 2. The van der Waals surface area contributed by atoms with Gasteiger partial charge in [0, 0.05) is 24.3 Å². The predicted octanol–water partition coefficient (Wildman–Crippen LogP) is 4.67. The minimum Gasteiger partial charge on any atom is -0.385 e. The number of carbonyl (C=O) groups excluding carboxylic acids is 1. The molecule has 0 atom stereocenters. The van der Waals surface area contributed by atoms with Crippen molar-refractivity contribution < 1.29 is 18.0 Å². The fraction of sp³-hybridized carbons (Fsp3) is 0.176. The van der Waals surface area contributed by atoms with E-state index < -0.39 is 22.7 Å². The summed E-state index contributed by atoms with van der Waals surface area (Å²) in [4.78, 5) is 11.8. The molecule has 0 aromatic heterocycles. The lowest BCUT2D eigenvalue weighted by atomic mass is 10.2. The molecule has 0 fully saturated rings. The van der Waals surface area contributed by atoms with E-state index in [0.717, 1.165) is 17.8 Å². The molecule has 0 radical (unpaired) electrons. The van der Waals surface area contributed by atoms with Crippen LogP contribution in [0.4, 0.5) is 24.5 Å². The molecule has 0 saturated heterocycles. The van der Waals surface area contributed by atoms with Gasteiger partial charge in [-0.3, -0.25) is 4.79 Å². The third-order valence-corrected chi connectivity index (χ3v) is 3.58. The zero-order valence-corrected chi connectivity index (χ0v) is 13.6. The van der Waals surface area contributed by atoms with Crippen LogP contribution in [0.1, 0.15) is 17.5 Å². The summed E-state index contributed by atoms with van der Waals surface area (Å²) in [6, 6.07) is 11.9. The van der Waals surface area contributed by atoms with Gasteiger partial charge in [-0.15, -0.1) is 0 Å². The third kappa shape index (κ3) is 5.40. The largest absolute Gasteiger partial charge is 0.417 e. The lowest BCUT2D eigenvalue weighted by Gasteiger charge is -2.12. The van der Waals surface area contributed by atoms with E-state index in [4.69, 9.17) is 16.9 Å². The molecule has 0 spiro atoms. The van der Waals surface area contributed by atoms with Crippen molar-refractivity contribution in [2.24, 2.45) is 0 Å². The highest BCUT2D eigenvalue weighted by molar-refractivity contribution is 6.31. The monoisotopic (exact) mass is 367 g/mol. The molecule has 130 valence electrons. The number of hydrogen-bond acceptors (Lipinski definition) is 3. The number of hydrogen-bond donors (Lipinski definition) is 2. The molecule has 0 heterocycles. The number of nitrogens with one attached hydrogen (secondary N) is 2. The predicted molar refractivity (Wildman–Crippen MR) is 89.3 cm³/mol. The second kappa shape index (κ2) is 7.90. The summed E-state index contributed by atoms with van der Waals surface area (Å²) >= 11 is 5.53. The third-order valence-electron chi connectivity index (χ3n) is 3.25. The molecule has 0 aliphatic carbocycles. The van der Waals surface area contributed by atoms with Crippen molar-refractivity contribution in [3.8, 4) is 6.07 Å². The number of alkyl halides is 3. The molecule has 0 aliphatic heterocycles. The Morgan fingerprint density at radius 1 is 1.12 bits per heavy atom. The summed E-state index contributed by atoms with van der Waals surface area (Å²) in [5.41, 5.74) is 0.284. The van der Waals surface area contributed by atoms with Gasteiger partial charge in [-0.1, -0.05) is 11.6 Å². The van der Waals surface area contributed by atoms with Crippen molar-refractivity contribution in [1.82, 2.24) is 0 Å². The molecule has 2 aromatic rings. The fourth-order valence-electron chi connectivity index (χ4n) is 2.03. The van der Waals surface area contributed by atoms with Gasteiger partial charge in [0.1, 0.15) is 0 Å². The zero-order chi connectivity index (χ0) is 18.4. The summed E-state index contributed by atoms with van der Waals surface area (Å²) in [5.74, 6) is -0.434. The Kier molecular flexibility index (Phi) is 5.88. The normalized spacial score (nSPS) is 10.8. The molecule has 0 bridgehead atoms. The van der Waals surface area contributed by atoms with E-state index >= 15 is 0 Å². The van der Waals surface area contributed by atoms with Gasteiger partial charge >= 0.3 is 6.18 Å². The smallest absolute Gasteiger partial charge is 0.385 e. The van der Waals surface area contributed by atoms with E-state index in [9.17, 15) is 18.0 Å². The second-order valence-corrected chi connectivity index (χ2v) is 5.51. The van der Waals surface area contributed by atoms with Crippen LogP contribution < -0.4 is 10.6 Å². The first-order valence-corrected chi connectivity index (χ1v) is 7.58. The highest BCUT2D eigenvalue weighted by Crippen LogP contribution is 2.36. The van der Waals surface area contributed by atoms with Gasteiger partial charge < -0.3 is 10.6 Å². The van der Waals surface area contributed by atoms with E-state index in [1.165, 1.54) is 6.07 Å². The van der Waals surface area contributed by atoms with Crippen LogP contribution in [0, 0.1) is 11.3 Å². The highest BCUT2D eigenvalue weighted by atomic mass is 35.5. The number of nitriles is 1. The molecular formula is C17H13ClF3N3O. The molecule has 0 unspecified atom stereocenters. The topological polar surface area (TPSA) is 64.9 Å². The first-order chi connectivity index (χ1) is 11.8. The van der Waals surface area contributed by atoms with Gasteiger partial charge in [0.25, 0.3) is 0 Å². The van der Waals surface area contributed by atoms with Crippen molar-refractivity contribution in [2.45, 2.75) is 12.6 Å². The molecule has 0 aliphatic rings. The summed E-state index contributed by atoms with van der Waals surface area (Å²) in [6.45, 7) is 0.289. The maximum absolute atomic E-state index is 12.8. The number of rotatable bonds is 5. The highest BCUT2D eigenvalue weighted by Gasteiger charge is 2.33. The number of nitrogens with zero attached hydrogens (tertiary/aromatic N) is 1.